The molecule has 1 heterocycles. The summed E-state index contributed by atoms with van der Waals surface area (Å²) in [5, 5.41) is 8.28. The number of aliphatic carboxylic acids is 1. The minimum Gasteiger partial charge on any atom is -0.479 e. The standard InChI is InChI=1S/C5H6O4/c6-5(7)4-2-1-3-8-9-4/h1-2,4H,3H2,(H,6,7). The van der Waals surface area contributed by atoms with Gasteiger partial charge in [0.15, 0.2) is 0 Å². The minimum atomic E-state index is -1.04. The summed E-state index contributed by atoms with van der Waals surface area (Å²) in [5.41, 5.74) is 0. The lowest BCUT2D eigenvalue weighted by molar-refractivity contribution is -0.309. The van der Waals surface area contributed by atoms with Crippen LogP contribution in [0.1, 0.15) is 0 Å². The first-order valence-electron chi connectivity index (χ1n) is 2.48. The van der Waals surface area contributed by atoms with Gasteiger partial charge in [-0.1, -0.05) is 6.08 Å². The summed E-state index contributed by atoms with van der Waals surface area (Å²) >= 11 is 0. The molecule has 0 saturated carbocycles. The maximum Gasteiger partial charge on any atom is 0.340 e. The highest BCUT2D eigenvalue weighted by Crippen LogP contribution is 2.01. The molecule has 0 bridgehead atoms. The molecule has 0 aromatic heterocycles. The van der Waals surface area contributed by atoms with E-state index < -0.39 is 12.1 Å². The molecule has 9 heavy (non-hydrogen) atoms. The maximum atomic E-state index is 10.1. The molecule has 0 aromatic rings. The van der Waals surface area contributed by atoms with E-state index in [4.69, 9.17) is 5.11 Å². The van der Waals surface area contributed by atoms with Crippen molar-refractivity contribution in [1.82, 2.24) is 0 Å². The van der Waals surface area contributed by atoms with Gasteiger partial charge in [-0.3, -0.25) is 0 Å². The van der Waals surface area contributed by atoms with Gasteiger partial charge in [0.25, 0.3) is 0 Å². The minimum absolute atomic E-state index is 0.323. The van der Waals surface area contributed by atoms with Crippen molar-refractivity contribution >= 4 is 5.97 Å². The first kappa shape index (κ1) is 6.25. The normalized spacial score (nSPS) is 26.0. The molecule has 4 nitrogen and oxygen atoms in total. The van der Waals surface area contributed by atoms with Gasteiger partial charge < -0.3 is 5.11 Å². The Morgan fingerprint density at radius 3 is 2.89 bits per heavy atom. The van der Waals surface area contributed by atoms with E-state index in [1.54, 1.807) is 6.08 Å². The Labute approximate surface area is 51.6 Å². The lowest BCUT2D eigenvalue weighted by atomic mass is 10.3. The van der Waals surface area contributed by atoms with Crippen LogP contribution in [0, 0.1) is 0 Å². The number of carboxylic acid groups (broad SMARTS) is 1. The van der Waals surface area contributed by atoms with Gasteiger partial charge in [-0.25, -0.2) is 14.6 Å². The molecule has 1 rings (SSSR count). The molecular weight excluding hydrogens is 124 g/mol. The first-order valence-corrected chi connectivity index (χ1v) is 2.48. The van der Waals surface area contributed by atoms with Gasteiger partial charge in [0.05, 0.1) is 0 Å². The molecule has 1 unspecified atom stereocenters. The molecular formula is C5H6O4. The fraction of sp³-hybridized carbons (Fsp3) is 0.400. The Morgan fingerprint density at radius 1 is 1.78 bits per heavy atom. The SMILES string of the molecule is O=C(O)C1C=CCOO1. The van der Waals surface area contributed by atoms with Crippen molar-refractivity contribution in [1.29, 1.82) is 0 Å². The van der Waals surface area contributed by atoms with E-state index in [1.165, 1.54) is 6.08 Å². The summed E-state index contributed by atoms with van der Waals surface area (Å²) < 4.78 is 0. The highest BCUT2D eigenvalue weighted by atomic mass is 17.2. The van der Waals surface area contributed by atoms with Crippen molar-refractivity contribution in [3.05, 3.63) is 12.2 Å². The van der Waals surface area contributed by atoms with E-state index in [1.807, 2.05) is 0 Å². The molecule has 0 aliphatic carbocycles. The van der Waals surface area contributed by atoms with Gasteiger partial charge in [-0.2, -0.15) is 0 Å². The van der Waals surface area contributed by atoms with Gasteiger partial charge in [0.1, 0.15) is 6.61 Å². The lowest BCUT2D eigenvalue weighted by Crippen LogP contribution is -2.24. The highest BCUT2D eigenvalue weighted by Gasteiger charge is 2.17. The van der Waals surface area contributed by atoms with Gasteiger partial charge in [0, 0.05) is 0 Å². The molecule has 1 aliphatic rings. The third-order valence-electron chi connectivity index (χ3n) is 0.890. The van der Waals surface area contributed by atoms with Crippen LogP contribution in [0.25, 0.3) is 0 Å². The molecule has 0 aromatic carbocycles. The molecule has 0 fully saturated rings. The maximum absolute atomic E-state index is 10.1. The fourth-order valence-electron chi connectivity index (χ4n) is 0.487. The quantitative estimate of drug-likeness (QED) is 0.399. The van der Waals surface area contributed by atoms with Crippen LogP contribution in [0.5, 0.6) is 0 Å². The van der Waals surface area contributed by atoms with Crippen molar-refractivity contribution in [3.63, 3.8) is 0 Å². The second-order valence-corrected chi connectivity index (χ2v) is 1.57. The van der Waals surface area contributed by atoms with Crippen LogP contribution in [0.3, 0.4) is 0 Å². The van der Waals surface area contributed by atoms with Crippen LogP contribution < -0.4 is 0 Å². The van der Waals surface area contributed by atoms with Gasteiger partial charge in [-0.15, -0.1) is 0 Å². The number of carboxylic acids is 1. The molecule has 1 aliphatic heterocycles. The molecule has 4 heteroatoms. The van der Waals surface area contributed by atoms with Crippen LogP contribution in [0.4, 0.5) is 0 Å². The summed E-state index contributed by atoms with van der Waals surface area (Å²) in [6, 6.07) is 0. The largest absolute Gasteiger partial charge is 0.479 e. The second-order valence-electron chi connectivity index (χ2n) is 1.57. The summed E-state index contributed by atoms with van der Waals surface area (Å²) in [7, 11) is 0. The zero-order chi connectivity index (χ0) is 6.69. The molecule has 50 valence electrons. The van der Waals surface area contributed by atoms with Crippen molar-refractivity contribution < 1.29 is 19.7 Å². The van der Waals surface area contributed by atoms with E-state index in [2.05, 4.69) is 9.78 Å². The third-order valence-corrected chi connectivity index (χ3v) is 0.890. The Hall–Kier alpha value is -0.870. The van der Waals surface area contributed by atoms with E-state index in [0.29, 0.717) is 6.61 Å². The highest BCUT2D eigenvalue weighted by molar-refractivity contribution is 5.74. The van der Waals surface area contributed by atoms with Crippen molar-refractivity contribution in [2.75, 3.05) is 6.61 Å². The van der Waals surface area contributed by atoms with Gasteiger partial charge >= 0.3 is 5.97 Å². The number of hydrogen-bond acceptors (Lipinski definition) is 3. The zero-order valence-electron chi connectivity index (χ0n) is 4.61. The predicted molar refractivity (Wildman–Crippen MR) is 27.6 cm³/mol. The predicted octanol–water partition coefficient (Wildman–Crippen LogP) is -0.0424. The van der Waals surface area contributed by atoms with Crippen molar-refractivity contribution in [2.45, 2.75) is 6.10 Å². The van der Waals surface area contributed by atoms with Gasteiger partial charge in [0.2, 0.25) is 6.10 Å². The van der Waals surface area contributed by atoms with Crippen LogP contribution in [-0.4, -0.2) is 23.8 Å². The number of hydrogen-bond donors (Lipinski definition) is 1. The van der Waals surface area contributed by atoms with Crippen LogP contribution >= 0.6 is 0 Å². The van der Waals surface area contributed by atoms with Crippen LogP contribution in [0.2, 0.25) is 0 Å². The van der Waals surface area contributed by atoms with Crippen molar-refractivity contribution in [3.8, 4) is 0 Å². The number of rotatable bonds is 1. The molecule has 1 N–H and O–H groups in total. The molecule has 0 spiro atoms. The van der Waals surface area contributed by atoms with Crippen molar-refractivity contribution in [2.24, 2.45) is 0 Å². The Balaban J connectivity index is 2.50. The molecule has 0 radical (unpaired) electrons. The number of carbonyl (C=O) groups is 1. The molecule has 1 atom stereocenters. The summed E-state index contributed by atoms with van der Waals surface area (Å²) in [5.74, 6) is -1.04. The average Bonchev–Trinajstić information content (AvgIpc) is 1.90. The van der Waals surface area contributed by atoms with Crippen LogP contribution in [0.15, 0.2) is 12.2 Å². The Bertz CT molecular complexity index is 140. The zero-order valence-corrected chi connectivity index (χ0v) is 4.61. The summed E-state index contributed by atoms with van der Waals surface area (Å²) in [6.07, 6.45) is 2.10. The monoisotopic (exact) mass is 130 g/mol. The van der Waals surface area contributed by atoms with E-state index >= 15 is 0 Å². The van der Waals surface area contributed by atoms with E-state index in [9.17, 15) is 4.79 Å². The molecule has 0 amide bonds. The summed E-state index contributed by atoms with van der Waals surface area (Å²) in [4.78, 5) is 18.8. The second kappa shape index (κ2) is 2.61. The van der Waals surface area contributed by atoms with Crippen LogP contribution in [-0.2, 0) is 14.6 Å². The van der Waals surface area contributed by atoms with Gasteiger partial charge in [-0.05, 0) is 6.08 Å². The Morgan fingerprint density at radius 2 is 2.56 bits per heavy atom. The average molecular weight is 130 g/mol. The summed E-state index contributed by atoms with van der Waals surface area (Å²) in [6.45, 7) is 0.323. The fourth-order valence-corrected chi connectivity index (χ4v) is 0.487. The Kier molecular flexibility index (Phi) is 1.81. The topological polar surface area (TPSA) is 55.8 Å². The van der Waals surface area contributed by atoms with E-state index in [-0.39, 0.29) is 0 Å². The first-order chi connectivity index (χ1) is 4.30. The smallest absolute Gasteiger partial charge is 0.340 e. The lowest BCUT2D eigenvalue weighted by Gasteiger charge is -2.10. The molecule has 0 saturated heterocycles. The third kappa shape index (κ3) is 1.51. The van der Waals surface area contributed by atoms with E-state index in [0.717, 1.165) is 0 Å².